The van der Waals surface area contributed by atoms with Crippen molar-refractivity contribution in [2.24, 2.45) is 5.90 Å². The van der Waals surface area contributed by atoms with Crippen LogP contribution in [0, 0.1) is 0 Å². The monoisotopic (exact) mass is 324 g/mol. The van der Waals surface area contributed by atoms with Crippen LogP contribution in [0.3, 0.4) is 0 Å². The molecule has 2 N–H and O–H groups in total. The summed E-state index contributed by atoms with van der Waals surface area (Å²) in [5, 5.41) is 0. The van der Waals surface area contributed by atoms with Crippen molar-refractivity contribution in [1.82, 2.24) is 4.31 Å². The lowest BCUT2D eigenvalue weighted by atomic mass is 10.1. The second kappa shape index (κ2) is 5.91. The van der Waals surface area contributed by atoms with Crippen molar-refractivity contribution >= 4 is 10.0 Å². The first kappa shape index (κ1) is 16.2. The van der Waals surface area contributed by atoms with Crippen molar-refractivity contribution in [2.75, 3.05) is 19.8 Å². The smallest absolute Gasteiger partial charge is 0.300 e. The highest BCUT2D eigenvalue weighted by atomic mass is 32.2. The third-order valence-corrected chi connectivity index (χ3v) is 5.22. The van der Waals surface area contributed by atoms with E-state index in [-0.39, 0.29) is 18.0 Å². The van der Waals surface area contributed by atoms with Gasteiger partial charge in [0.15, 0.2) is 6.67 Å². The number of sulfonamides is 1. The van der Waals surface area contributed by atoms with Gasteiger partial charge >= 0.3 is 5.92 Å². The van der Waals surface area contributed by atoms with Gasteiger partial charge in [0.1, 0.15) is 0 Å². The Balaban J connectivity index is 2.31. The van der Waals surface area contributed by atoms with E-state index < -0.39 is 34.3 Å². The van der Waals surface area contributed by atoms with Gasteiger partial charge in [0.05, 0.1) is 11.0 Å². The first-order valence-electron chi connectivity index (χ1n) is 6.21. The minimum absolute atomic E-state index is 0.0581. The van der Waals surface area contributed by atoms with E-state index in [1.165, 1.54) is 12.1 Å². The molecule has 1 aromatic carbocycles. The molecule has 9 heteroatoms. The maximum atomic E-state index is 13.3. The van der Waals surface area contributed by atoms with E-state index in [0.717, 1.165) is 16.4 Å². The fourth-order valence-electron chi connectivity index (χ4n) is 2.14. The molecule has 1 aliphatic heterocycles. The Morgan fingerprint density at radius 1 is 1.43 bits per heavy atom. The van der Waals surface area contributed by atoms with E-state index >= 15 is 0 Å². The maximum absolute atomic E-state index is 13.3. The molecule has 0 radical (unpaired) electrons. The van der Waals surface area contributed by atoms with Crippen molar-refractivity contribution in [2.45, 2.75) is 23.3 Å². The van der Waals surface area contributed by atoms with Crippen LogP contribution in [-0.4, -0.2) is 38.6 Å². The average Bonchev–Trinajstić information content (AvgIpc) is 2.97. The van der Waals surface area contributed by atoms with Crippen molar-refractivity contribution in [1.29, 1.82) is 0 Å². The number of nitrogens with two attached hydrogens (primary N) is 1. The van der Waals surface area contributed by atoms with Gasteiger partial charge in [0.2, 0.25) is 10.0 Å². The number of hydrogen-bond donors (Lipinski definition) is 1. The highest BCUT2D eigenvalue weighted by molar-refractivity contribution is 7.89. The molecule has 1 fully saturated rings. The van der Waals surface area contributed by atoms with Crippen LogP contribution in [0.1, 0.15) is 12.0 Å². The van der Waals surface area contributed by atoms with Crippen molar-refractivity contribution in [3.8, 4) is 0 Å². The predicted molar refractivity (Wildman–Crippen MR) is 68.7 cm³/mol. The van der Waals surface area contributed by atoms with E-state index in [1.807, 2.05) is 0 Å². The lowest BCUT2D eigenvalue weighted by molar-refractivity contribution is -0.0282. The van der Waals surface area contributed by atoms with Gasteiger partial charge in [-0.2, -0.15) is 13.1 Å². The standard InChI is InChI=1S/C12H15F3N2O3S/c13-8-12(14,15)9-2-1-3-11(6-9)21(18,19)17-5-4-10(7-17)20-16/h1-3,6,10H,4-5,7-8,16H2. The minimum Gasteiger partial charge on any atom is -0.300 e. The molecule has 0 spiro atoms. The van der Waals surface area contributed by atoms with Crippen LogP contribution in [0.5, 0.6) is 0 Å². The largest absolute Gasteiger partial charge is 0.301 e. The number of benzene rings is 1. The quantitative estimate of drug-likeness (QED) is 0.831. The summed E-state index contributed by atoms with van der Waals surface area (Å²) in [5.41, 5.74) is -0.670. The highest BCUT2D eigenvalue weighted by Gasteiger charge is 2.36. The average molecular weight is 324 g/mol. The van der Waals surface area contributed by atoms with Gasteiger partial charge in [0, 0.05) is 18.7 Å². The molecule has 1 aromatic rings. The normalized spacial score (nSPS) is 20.9. The van der Waals surface area contributed by atoms with Gasteiger partial charge in [-0.05, 0) is 18.6 Å². The predicted octanol–water partition coefficient (Wildman–Crippen LogP) is 1.40. The maximum Gasteiger partial charge on any atom is 0.301 e. The van der Waals surface area contributed by atoms with Crippen molar-refractivity contribution in [3.63, 3.8) is 0 Å². The zero-order valence-corrected chi connectivity index (χ0v) is 11.8. The number of alkyl halides is 3. The molecular formula is C12H15F3N2O3S. The Bertz CT molecular complexity index is 610. The Morgan fingerprint density at radius 2 is 2.14 bits per heavy atom. The first-order valence-corrected chi connectivity index (χ1v) is 7.65. The lowest BCUT2D eigenvalue weighted by Crippen LogP contribution is -2.31. The molecule has 0 aliphatic carbocycles. The molecule has 0 aromatic heterocycles. The van der Waals surface area contributed by atoms with E-state index in [9.17, 15) is 21.6 Å². The molecule has 21 heavy (non-hydrogen) atoms. The van der Waals surface area contributed by atoms with Gasteiger partial charge in [-0.1, -0.05) is 12.1 Å². The van der Waals surface area contributed by atoms with Crippen LogP contribution >= 0.6 is 0 Å². The summed E-state index contributed by atoms with van der Waals surface area (Å²) in [4.78, 5) is 4.29. The number of rotatable bonds is 5. The summed E-state index contributed by atoms with van der Waals surface area (Å²) in [7, 11) is -3.93. The molecule has 0 bridgehead atoms. The van der Waals surface area contributed by atoms with Gasteiger partial charge in [-0.3, -0.25) is 4.84 Å². The van der Waals surface area contributed by atoms with Crippen molar-refractivity contribution in [3.05, 3.63) is 29.8 Å². The summed E-state index contributed by atoms with van der Waals surface area (Å²) in [6, 6.07) is 4.16. The van der Waals surface area contributed by atoms with Gasteiger partial charge in [0.25, 0.3) is 0 Å². The molecule has 0 saturated carbocycles. The fourth-order valence-corrected chi connectivity index (χ4v) is 3.67. The summed E-state index contributed by atoms with van der Waals surface area (Å²) < 4.78 is 64.8. The SMILES string of the molecule is NOC1CCN(S(=O)(=O)c2cccc(C(F)(F)CF)c2)C1. The molecule has 1 unspecified atom stereocenters. The number of halogens is 3. The molecular weight excluding hydrogens is 309 g/mol. The third-order valence-electron chi connectivity index (χ3n) is 3.36. The molecule has 5 nitrogen and oxygen atoms in total. The van der Waals surface area contributed by atoms with Crippen LogP contribution < -0.4 is 5.90 Å². The van der Waals surface area contributed by atoms with Crippen LogP contribution in [0.4, 0.5) is 13.2 Å². The third kappa shape index (κ3) is 3.20. The molecule has 1 heterocycles. The van der Waals surface area contributed by atoms with Crippen LogP contribution in [-0.2, 0) is 20.8 Å². The Hall–Kier alpha value is -1.16. The molecule has 0 amide bonds. The van der Waals surface area contributed by atoms with Gasteiger partial charge < -0.3 is 0 Å². The Labute approximate surface area is 120 Å². The van der Waals surface area contributed by atoms with E-state index in [1.54, 1.807) is 0 Å². The lowest BCUT2D eigenvalue weighted by Gasteiger charge is -2.18. The van der Waals surface area contributed by atoms with Gasteiger partial charge in [-0.15, -0.1) is 0 Å². The van der Waals surface area contributed by atoms with Crippen LogP contribution in [0.25, 0.3) is 0 Å². The fraction of sp³-hybridized carbons (Fsp3) is 0.500. The summed E-state index contributed by atoms with van der Waals surface area (Å²) in [5.74, 6) is 1.31. The highest BCUT2D eigenvalue weighted by Crippen LogP contribution is 2.31. The zero-order chi connectivity index (χ0) is 15.7. The van der Waals surface area contributed by atoms with Crippen molar-refractivity contribution < 1.29 is 26.4 Å². The summed E-state index contributed by atoms with van der Waals surface area (Å²) in [6.45, 7) is -1.64. The number of hydrogen-bond acceptors (Lipinski definition) is 4. The first-order chi connectivity index (χ1) is 9.81. The second-order valence-corrected chi connectivity index (χ2v) is 6.71. The molecule has 2 rings (SSSR count). The van der Waals surface area contributed by atoms with Crippen LogP contribution in [0.15, 0.2) is 29.2 Å². The summed E-state index contributed by atoms with van der Waals surface area (Å²) >= 11 is 0. The molecule has 118 valence electrons. The summed E-state index contributed by atoms with van der Waals surface area (Å²) in [6.07, 6.45) is 0.00557. The molecule has 1 saturated heterocycles. The number of nitrogens with zero attached hydrogens (tertiary/aromatic N) is 1. The Kier molecular flexibility index (Phi) is 4.57. The van der Waals surface area contributed by atoms with E-state index in [4.69, 9.17) is 5.90 Å². The minimum atomic E-state index is -3.93. The topological polar surface area (TPSA) is 72.6 Å². The molecule has 1 atom stereocenters. The Morgan fingerprint density at radius 3 is 2.71 bits per heavy atom. The second-order valence-electron chi connectivity index (χ2n) is 4.78. The van der Waals surface area contributed by atoms with Gasteiger partial charge in [-0.25, -0.2) is 18.7 Å². The molecule has 1 aliphatic rings. The zero-order valence-electron chi connectivity index (χ0n) is 11.0. The van der Waals surface area contributed by atoms with E-state index in [2.05, 4.69) is 4.84 Å². The van der Waals surface area contributed by atoms with Crippen LogP contribution in [0.2, 0.25) is 0 Å². The van der Waals surface area contributed by atoms with E-state index in [0.29, 0.717) is 6.42 Å².